The molecule has 4 nitrogen and oxygen atoms in total. The number of hydrogen-bond acceptors (Lipinski definition) is 4. The van der Waals surface area contributed by atoms with Crippen molar-refractivity contribution in [3.63, 3.8) is 0 Å². The molecule has 18 heavy (non-hydrogen) atoms. The van der Waals surface area contributed by atoms with Gasteiger partial charge in [-0.1, -0.05) is 0 Å². The third-order valence-electron chi connectivity index (χ3n) is 3.29. The lowest BCUT2D eigenvalue weighted by Crippen LogP contribution is -2.59. The highest BCUT2D eigenvalue weighted by Gasteiger charge is 2.39. The summed E-state index contributed by atoms with van der Waals surface area (Å²) in [6.07, 6.45) is 0. The Kier molecular flexibility index (Phi) is 3.57. The van der Waals surface area contributed by atoms with E-state index in [2.05, 4.69) is 5.32 Å². The second kappa shape index (κ2) is 4.59. The Balaban J connectivity index is 2.45. The first-order valence-corrected chi connectivity index (χ1v) is 8.31. The summed E-state index contributed by atoms with van der Waals surface area (Å²) < 4.78 is 27.1. The molecule has 0 amide bonds. The topological polar surface area (TPSA) is 49.4 Å². The molecule has 2 rings (SSSR count). The summed E-state index contributed by atoms with van der Waals surface area (Å²) >= 11 is 1.54. The van der Waals surface area contributed by atoms with Crippen molar-refractivity contribution in [3.05, 3.63) is 15.8 Å². The zero-order chi connectivity index (χ0) is 13.6. The summed E-state index contributed by atoms with van der Waals surface area (Å²) in [6, 6.07) is 1.79. The summed E-state index contributed by atoms with van der Waals surface area (Å²) in [5.74, 6) is 0. The first kappa shape index (κ1) is 14.0. The van der Waals surface area contributed by atoms with E-state index in [9.17, 15) is 8.42 Å². The maximum atomic E-state index is 12.7. The van der Waals surface area contributed by atoms with Crippen LogP contribution in [0.2, 0.25) is 0 Å². The molecule has 0 aliphatic carbocycles. The average Bonchev–Trinajstić information content (AvgIpc) is 2.57. The summed E-state index contributed by atoms with van der Waals surface area (Å²) in [6.45, 7) is 9.68. The number of nitrogens with zero attached hydrogens (tertiary/aromatic N) is 1. The van der Waals surface area contributed by atoms with Crippen LogP contribution in [-0.2, 0) is 10.0 Å². The third kappa shape index (κ3) is 2.34. The van der Waals surface area contributed by atoms with E-state index in [1.54, 1.807) is 10.4 Å². The predicted molar refractivity (Wildman–Crippen MR) is 74.6 cm³/mol. The van der Waals surface area contributed by atoms with Crippen molar-refractivity contribution >= 4 is 21.4 Å². The molecule has 0 atom stereocenters. The van der Waals surface area contributed by atoms with E-state index in [1.807, 2.05) is 27.7 Å². The summed E-state index contributed by atoms with van der Waals surface area (Å²) in [4.78, 5) is 2.39. The van der Waals surface area contributed by atoms with Gasteiger partial charge in [-0.05, 0) is 33.8 Å². The number of piperazine rings is 1. The highest BCUT2D eigenvalue weighted by molar-refractivity contribution is 7.89. The van der Waals surface area contributed by atoms with Gasteiger partial charge in [0.05, 0.1) is 4.90 Å². The second-order valence-corrected chi connectivity index (χ2v) is 8.64. The number of hydrogen-bond donors (Lipinski definition) is 1. The molecule has 0 radical (unpaired) electrons. The lowest BCUT2D eigenvalue weighted by atomic mass is 10.0. The molecule has 1 aliphatic heterocycles. The van der Waals surface area contributed by atoms with Gasteiger partial charge in [-0.15, -0.1) is 11.3 Å². The van der Waals surface area contributed by atoms with Crippen LogP contribution in [0.1, 0.15) is 23.6 Å². The fourth-order valence-electron chi connectivity index (χ4n) is 2.39. The SMILES string of the molecule is Cc1cc(S(=O)(=O)N2CCNCC2(C)C)c(C)s1. The van der Waals surface area contributed by atoms with Crippen LogP contribution in [-0.4, -0.2) is 37.9 Å². The zero-order valence-electron chi connectivity index (χ0n) is 11.3. The summed E-state index contributed by atoms with van der Waals surface area (Å²) in [7, 11) is -3.38. The molecule has 0 unspecified atom stereocenters. The number of rotatable bonds is 2. The van der Waals surface area contributed by atoms with Gasteiger partial charge in [0.1, 0.15) is 0 Å². The van der Waals surface area contributed by atoms with Gasteiger partial charge in [0.15, 0.2) is 0 Å². The highest BCUT2D eigenvalue weighted by atomic mass is 32.2. The predicted octanol–water partition coefficient (Wildman–Crippen LogP) is 1.74. The Morgan fingerprint density at radius 2 is 2.06 bits per heavy atom. The zero-order valence-corrected chi connectivity index (χ0v) is 12.9. The first-order valence-electron chi connectivity index (χ1n) is 6.06. The van der Waals surface area contributed by atoms with Crippen molar-refractivity contribution in [3.8, 4) is 0 Å². The lowest BCUT2D eigenvalue weighted by molar-refractivity contribution is 0.186. The van der Waals surface area contributed by atoms with Gasteiger partial charge < -0.3 is 5.32 Å². The Bertz CT molecular complexity index is 546. The standard InChI is InChI=1S/C12H20N2O2S2/c1-9-7-11(10(2)17-9)18(15,16)14-6-5-13-8-12(14,3)4/h7,13H,5-6,8H2,1-4H3. The van der Waals surface area contributed by atoms with Crippen molar-refractivity contribution < 1.29 is 8.42 Å². The smallest absolute Gasteiger partial charge is 0.244 e. The largest absolute Gasteiger partial charge is 0.314 e. The second-order valence-electron chi connectivity index (χ2n) is 5.34. The fourth-order valence-corrected chi connectivity index (χ4v) is 5.70. The van der Waals surface area contributed by atoms with Crippen molar-refractivity contribution in [2.75, 3.05) is 19.6 Å². The van der Waals surface area contributed by atoms with Crippen LogP contribution >= 0.6 is 11.3 Å². The molecule has 0 saturated carbocycles. The van der Waals surface area contributed by atoms with E-state index >= 15 is 0 Å². The molecule has 0 bridgehead atoms. The normalized spacial score (nSPS) is 21.1. The maximum absolute atomic E-state index is 12.7. The van der Waals surface area contributed by atoms with E-state index in [-0.39, 0.29) is 5.54 Å². The van der Waals surface area contributed by atoms with Crippen LogP contribution < -0.4 is 5.32 Å². The first-order chi connectivity index (χ1) is 8.25. The minimum absolute atomic E-state index is 0.376. The van der Waals surface area contributed by atoms with E-state index < -0.39 is 10.0 Å². The van der Waals surface area contributed by atoms with Crippen molar-refractivity contribution in [2.24, 2.45) is 0 Å². The monoisotopic (exact) mass is 288 g/mol. The van der Waals surface area contributed by atoms with Crippen LogP contribution in [0.5, 0.6) is 0 Å². The quantitative estimate of drug-likeness (QED) is 0.902. The van der Waals surface area contributed by atoms with E-state index in [1.165, 1.54) is 11.3 Å². The van der Waals surface area contributed by atoms with Crippen LogP contribution in [0.4, 0.5) is 0 Å². The molecular formula is C12H20N2O2S2. The molecule has 1 aromatic heterocycles. The minimum atomic E-state index is -3.38. The molecule has 0 spiro atoms. The molecule has 1 aliphatic rings. The minimum Gasteiger partial charge on any atom is -0.314 e. The van der Waals surface area contributed by atoms with Gasteiger partial charge in [0.25, 0.3) is 0 Å². The van der Waals surface area contributed by atoms with Gasteiger partial charge in [0, 0.05) is 34.9 Å². The molecule has 0 aromatic carbocycles. The molecule has 102 valence electrons. The van der Waals surface area contributed by atoms with Gasteiger partial charge in [0.2, 0.25) is 10.0 Å². The molecular weight excluding hydrogens is 268 g/mol. The van der Waals surface area contributed by atoms with Crippen LogP contribution in [0.3, 0.4) is 0 Å². The summed E-state index contributed by atoms with van der Waals surface area (Å²) in [5, 5.41) is 3.24. The number of thiophene rings is 1. The molecule has 2 heterocycles. The Morgan fingerprint density at radius 3 is 2.56 bits per heavy atom. The van der Waals surface area contributed by atoms with Crippen LogP contribution in [0.25, 0.3) is 0 Å². The Morgan fingerprint density at radius 1 is 1.39 bits per heavy atom. The number of sulfonamides is 1. The van der Waals surface area contributed by atoms with Crippen molar-refractivity contribution in [1.82, 2.24) is 9.62 Å². The van der Waals surface area contributed by atoms with Gasteiger partial charge in [-0.3, -0.25) is 0 Å². The van der Waals surface area contributed by atoms with Gasteiger partial charge >= 0.3 is 0 Å². The number of nitrogens with one attached hydrogen (secondary N) is 1. The molecule has 1 aromatic rings. The van der Waals surface area contributed by atoms with Gasteiger partial charge in [-0.2, -0.15) is 4.31 Å². The third-order valence-corrected chi connectivity index (χ3v) is 6.62. The lowest BCUT2D eigenvalue weighted by Gasteiger charge is -2.41. The van der Waals surface area contributed by atoms with E-state index in [0.717, 1.165) is 9.75 Å². The number of aryl methyl sites for hydroxylation is 2. The van der Waals surface area contributed by atoms with Crippen molar-refractivity contribution in [2.45, 2.75) is 38.1 Å². The highest BCUT2D eigenvalue weighted by Crippen LogP contribution is 2.31. The molecule has 1 N–H and O–H groups in total. The molecule has 1 saturated heterocycles. The fraction of sp³-hybridized carbons (Fsp3) is 0.667. The van der Waals surface area contributed by atoms with Gasteiger partial charge in [-0.25, -0.2) is 8.42 Å². The summed E-state index contributed by atoms with van der Waals surface area (Å²) in [5.41, 5.74) is -0.376. The molecule has 6 heteroatoms. The van der Waals surface area contributed by atoms with Crippen LogP contribution in [0.15, 0.2) is 11.0 Å². The van der Waals surface area contributed by atoms with Crippen molar-refractivity contribution in [1.29, 1.82) is 0 Å². The molecule has 1 fully saturated rings. The Hall–Kier alpha value is -0.430. The van der Waals surface area contributed by atoms with E-state index in [4.69, 9.17) is 0 Å². The Labute approximate surface area is 113 Å². The maximum Gasteiger partial charge on any atom is 0.244 e. The van der Waals surface area contributed by atoms with E-state index in [0.29, 0.717) is 24.5 Å². The van der Waals surface area contributed by atoms with Crippen LogP contribution in [0, 0.1) is 13.8 Å². The average molecular weight is 288 g/mol.